The van der Waals surface area contributed by atoms with Gasteiger partial charge in [-0.1, -0.05) is 12.1 Å². The monoisotopic (exact) mass is 395 g/mol. The minimum atomic E-state index is 0.0223. The summed E-state index contributed by atoms with van der Waals surface area (Å²) < 4.78 is 6.68. The van der Waals surface area contributed by atoms with Crippen molar-refractivity contribution in [3.05, 3.63) is 53.5 Å². The standard InChI is InChI=1S/C22H25N3O2S/c1-2-27-18-11-9-17(10-12-18)23-21(26)15-25-13-5-6-16(14-25)22-24-19-7-3-4-8-20(19)28-22/h3-4,7-12,16H,2,5-6,13-15H2,1H3,(H,23,26)/t16-/m1/s1. The molecule has 0 radical (unpaired) electrons. The number of ether oxygens (including phenoxy) is 1. The zero-order valence-electron chi connectivity index (χ0n) is 16.1. The molecule has 2 heterocycles. The number of nitrogens with zero attached hydrogens (tertiary/aromatic N) is 2. The lowest BCUT2D eigenvalue weighted by atomic mass is 9.99. The number of piperidine rings is 1. The van der Waals surface area contributed by atoms with Gasteiger partial charge in [0.05, 0.1) is 28.4 Å². The summed E-state index contributed by atoms with van der Waals surface area (Å²) in [6.45, 7) is 4.84. The van der Waals surface area contributed by atoms with E-state index in [1.54, 1.807) is 11.3 Å². The van der Waals surface area contributed by atoms with Gasteiger partial charge in [0.2, 0.25) is 5.91 Å². The van der Waals surface area contributed by atoms with Gasteiger partial charge in [0.25, 0.3) is 0 Å². The molecule has 0 saturated carbocycles. The molecule has 1 fully saturated rings. The minimum Gasteiger partial charge on any atom is -0.494 e. The van der Waals surface area contributed by atoms with Crippen LogP contribution in [0.3, 0.4) is 0 Å². The Bertz CT molecular complexity index is 905. The first kappa shape index (κ1) is 18.9. The number of carbonyl (C=O) groups is 1. The molecule has 1 saturated heterocycles. The van der Waals surface area contributed by atoms with Crippen molar-refractivity contribution in [1.29, 1.82) is 0 Å². The lowest BCUT2D eigenvalue weighted by Gasteiger charge is -2.31. The lowest BCUT2D eigenvalue weighted by Crippen LogP contribution is -2.39. The fourth-order valence-electron chi connectivity index (χ4n) is 3.67. The van der Waals surface area contributed by atoms with Gasteiger partial charge in [-0.05, 0) is 62.7 Å². The maximum absolute atomic E-state index is 12.5. The minimum absolute atomic E-state index is 0.0223. The molecular formula is C22H25N3O2S. The first-order chi connectivity index (χ1) is 13.7. The highest BCUT2D eigenvalue weighted by atomic mass is 32.1. The largest absolute Gasteiger partial charge is 0.494 e. The summed E-state index contributed by atoms with van der Waals surface area (Å²) in [5, 5.41) is 4.18. The van der Waals surface area contributed by atoms with Crippen molar-refractivity contribution in [3.63, 3.8) is 0 Å². The fourth-order valence-corrected chi connectivity index (χ4v) is 4.76. The molecule has 0 spiro atoms. The summed E-state index contributed by atoms with van der Waals surface area (Å²) in [5.41, 5.74) is 1.88. The summed E-state index contributed by atoms with van der Waals surface area (Å²) in [5.74, 6) is 1.24. The Hall–Kier alpha value is -2.44. The van der Waals surface area contributed by atoms with E-state index < -0.39 is 0 Å². The first-order valence-electron chi connectivity index (χ1n) is 9.82. The highest BCUT2D eigenvalue weighted by Crippen LogP contribution is 2.32. The van der Waals surface area contributed by atoms with Crippen LogP contribution in [0, 0.1) is 0 Å². The van der Waals surface area contributed by atoms with Gasteiger partial charge in [-0.15, -0.1) is 11.3 Å². The third-order valence-corrected chi connectivity index (χ3v) is 6.18. The molecule has 4 rings (SSSR count). The number of aromatic nitrogens is 1. The number of amides is 1. The molecule has 1 N–H and O–H groups in total. The second kappa shape index (κ2) is 8.71. The zero-order valence-corrected chi connectivity index (χ0v) is 16.9. The van der Waals surface area contributed by atoms with Crippen LogP contribution in [0.25, 0.3) is 10.2 Å². The number of likely N-dealkylation sites (tertiary alicyclic amines) is 1. The molecule has 5 nitrogen and oxygen atoms in total. The summed E-state index contributed by atoms with van der Waals surface area (Å²) in [6.07, 6.45) is 2.23. The number of para-hydroxylation sites is 1. The van der Waals surface area contributed by atoms with Gasteiger partial charge in [0.15, 0.2) is 0 Å². The molecule has 146 valence electrons. The third-order valence-electron chi connectivity index (χ3n) is 4.98. The molecule has 0 unspecified atom stereocenters. The van der Waals surface area contributed by atoms with Crippen LogP contribution in [-0.2, 0) is 4.79 Å². The molecule has 1 aromatic heterocycles. The van der Waals surface area contributed by atoms with E-state index in [0.29, 0.717) is 19.1 Å². The fraction of sp³-hybridized carbons (Fsp3) is 0.364. The molecule has 2 aromatic carbocycles. The number of rotatable bonds is 6. The van der Waals surface area contributed by atoms with Gasteiger partial charge in [0, 0.05) is 18.2 Å². The van der Waals surface area contributed by atoms with Gasteiger partial charge in [0.1, 0.15) is 5.75 Å². The average Bonchev–Trinajstić information content (AvgIpc) is 3.14. The molecule has 0 bridgehead atoms. The van der Waals surface area contributed by atoms with Crippen molar-refractivity contribution in [2.75, 3.05) is 31.6 Å². The summed E-state index contributed by atoms with van der Waals surface area (Å²) >= 11 is 1.78. The quantitative estimate of drug-likeness (QED) is 0.667. The molecule has 6 heteroatoms. The van der Waals surface area contributed by atoms with Crippen LogP contribution in [0.2, 0.25) is 0 Å². The summed E-state index contributed by atoms with van der Waals surface area (Å²) in [4.78, 5) is 19.5. The highest BCUT2D eigenvalue weighted by Gasteiger charge is 2.25. The van der Waals surface area contributed by atoms with E-state index in [1.165, 1.54) is 9.71 Å². The Balaban J connectivity index is 1.34. The topological polar surface area (TPSA) is 54.5 Å². The highest BCUT2D eigenvalue weighted by molar-refractivity contribution is 7.18. The summed E-state index contributed by atoms with van der Waals surface area (Å²) in [7, 11) is 0. The van der Waals surface area contributed by atoms with Crippen LogP contribution >= 0.6 is 11.3 Å². The number of anilines is 1. The second-order valence-corrected chi connectivity index (χ2v) is 8.16. The smallest absolute Gasteiger partial charge is 0.238 e. The molecule has 1 atom stereocenters. The molecular weight excluding hydrogens is 370 g/mol. The summed E-state index contributed by atoms with van der Waals surface area (Å²) in [6, 6.07) is 15.8. The number of fused-ring (bicyclic) bond motifs is 1. The van der Waals surface area contributed by atoms with E-state index in [1.807, 2.05) is 37.3 Å². The van der Waals surface area contributed by atoms with Crippen molar-refractivity contribution in [2.45, 2.75) is 25.7 Å². The Labute approximate surface area is 169 Å². The Morgan fingerprint density at radius 1 is 1.25 bits per heavy atom. The predicted octanol–water partition coefficient (Wildman–Crippen LogP) is 4.51. The Kier molecular flexibility index (Phi) is 5.88. The number of nitrogens with one attached hydrogen (secondary N) is 1. The van der Waals surface area contributed by atoms with Gasteiger partial charge in [-0.3, -0.25) is 9.69 Å². The van der Waals surface area contributed by atoms with E-state index in [2.05, 4.69) is 28.4 Å². The van der Waals surface area contributed by atoms with Crippen LogP contribution in [-0.4, -0.2) is 42.0 Å². The van der Waals surface area contributed by atoms with E-state index in [-0.39, 0.29) is 5.91 Å². The number of hydrogen-bond donors (Lipinski definition) is 1. The van der Waals surface area contributed by atoms with Gasteiger partial charge >= 0.3 is 0 Å². The van der Waals surface area contributed by atoms with Crippen molar-refractivity contribution in [2.24, 2.45) is 0 Å². The van der Waals surface area contributed by atoms with Gasteiger partial charge < -0.3 is 10.1 Å². The zero-order chi connectivity index (χ0) is 19.3. The van der Waals surface area contributed by atoms with Crippen molar-refractivity contribution in [3.8, 4) is 5.75 Å². The molecule has 28 heavy (non-hydrogen) atoms. The van der Waals surface area contributed by atoms with Crippen LogP contribution in [0.1, 0.15) is 30.7 Å². The van der Waals surface area contributed by atoms with Gasteiger partial charge in [-0.25, -0.2) is 4.98 Å². The number of hydrogen-bond acceptors (Lipinski definition) is 5. The first-order valence-corrected chi connectivity index (χ1v) is 10.6. The van der Waals surface area contributed by atoms with E-state index in [4.69, 9.17) is 9.72 Å². The van der Waals surface area contributed by atoms with Crippen LogP contribution < -0.4 is 10.1 Å². The van der Waals surface area contributed by atoms with Gasteiger partial charge in [-0.2, -0.15) is 0 Å². The van der Waals surface area contributed by atoms with Crippen molar-refractivity contribution < 1.29 is 9.53 Å². The normalized spacial score (nSPS) is 17.5. The maximum Gasteiger partial charge on any atom is 0.238 e. The van der Waals surface area contributed by atoms with Crippen LogP contribution in [0.15, 0.2) is 48.5 Å². The number of carbonyl (C=O) groups excluding carboxylic acids is 1. The molecule has 1 aliphatic rings. The molecule has 1 amide bonds. The van der Waals surface area contributed by atoms with E-state index in [9.17, 15) is 4.79 Å². The maximum atomic E-state index is 12.5. The van der Waals surface area contributed by atoms with Crippen LogP contribution in [0.4, 0.5) is 5.69 Å². The van der Waals surface area contributed by atoms with E-state index >= 15 is 0 Å². The molecule has 1 aliphatic heterocycles. The lowest BCUT2D eigenvalue weighted by molar-refractivity contribution is -0.117. The number of thiazole rings is 1. The molecule has 0 aliphatic carbocycles. The second-order valence-electron chi connectivity index (χ2n) is 7.10. The van der Waals surface area contributed by atoms with Crippen LogP contribution in [0.5, 0.6) is 5.75 Å². The van der Waals surface area contributed by atoms with E-state index in [0.717, 1.165) is 42.9 Å². The molecule has 3 aromatic rings. The van der Waals surface area contributed by atoms with Crippen molar-refractivity contribution in [1.82, 2.24) is 9.88 Å². The third kappa shape index (κ3) is 4.51. The average molecular weight is 396 g/mol. The Morgan fingerprint density at radius 3 is 2.86 bits per heavy atom. The Morgan fingerprint density at radius 2 is 2.07 bits per heavy atom. The SMILES string of the molecule is CCOc1ccc(NC(=O)CN2CCC[C@@H](c3nc4ccccc4s3)C2)cc1. The number of benzene rings is 2. The predicted molar refractivity (Wildman–Crippen MR) is 114 cm³/mol. The van der Waals surface area contributed by atoms with Crippen molar-refractivity contribution >= 4 is 33.1 Å².